The number of rotatable bonds is 4. The molecule has 2 aromatic carbocycles. The van der Waals surface area contributed by atoms with Crippen LogP contribution in [-0.4, -0.2) is 24.9 Å². The van der Waals surface area contributed by atoms with Gasteiger partial charge in [-0.3, -0.25) is 0 Å². The second-order valence-corrected chi connectivity index (χ2v) is 9.64. The summed E-state index contributed by atoms with van der Waals surface area (Å²) < 4.78 is 26.3. The summed E-state index contributed by atoms with van der Waals surface area (Å²) in [5.74, 6) is -0.348. The van der Waals surface area contributed by atoms with Crippen molar-refractivity contribution in [3.8, 4) is 0 Å². The number of aliphatic hydroxyl groups is 1. The molecule has 0 bridgehead atoms. The zero-order valence-corrected chi connectivity index (χ0v) is 15.7. The van der Waals surface area contributed by atoms with Crippen molar-refractivity contribution >= 4 is 21.6 Å². The first-order valence-corrected chi connectivity index (χ1v) is 10.8. The molecule has 2 aromatic rings. The summed E-state index contributed by atoms with van der Waals surface area (Å²) in [5.41, 5.74) is 0. The highest BCUT2D eigenvalue weighted by Crippen LogP contribution is 2.37. The summed E-state index contributed by atoms with van der Waals surface area (Å²) in [7, 11) is -3.54. The van der Waals surface area contributed by atoms with E-state index in [9.17, 15) is 13.5 Å². The molecular weight excluding hydrogens is 352 g/mol. The number of thioether (sulfide) groups is 1. The second-order valence-electron chi connectivity index (χ2n) is 6.34. The Labute approximate surface area is 153 Å². The molecule has 0 aliphatic heterocycles. The molecule has 0 amide bonds. The molecule has 1 aliphatic rings. The third-order valence-electron chi connectivity index (χ3n) is 4.58. The summed E-state index contributed by atoms with van der Waals surface area (Å²) in [5, 5.41) is 9.69. The van der Waals surface area contributed by atoms with Crippen LogP contribution in [0.3, 0.4) is 0 Å². The molecule has 0 spiro atoms. The zero-order chi connectivity index (χ0) is 17.9. The Morgan fingerprint density at radius 3 is 2.24 bits per heavy atom. The van der Waals surface area contributed by atoms with Gasteiger partial charge in [0, 0.05) is 10.8 Å². The lowest BCUT2D eigenvalue weighted by Gasteiger charge is -2.23. The minimum atomic E-state index is -3.54. The van der Waals surface area contributed by atoms with E-state index in [1.54, 1.807) is 42.1 Å². The van der Waals surface area contributed by atoms with Crippen molar-refractivity contribution in [1.82, 2.24) is 0 Å². The Balaban J connectivity index is 1.97. The molecule has 3 rings (SSSR count). The van der Waals surface area contributed by atoms with Crippen molar-refractivity contribution in [2.24, 2.45) is 5.92 Å². The van der Waals surface area contributed by atoms with E-state index in [4.69, 9.17) is 0 Å². The molecule has 1 aliphatic carbocycles. The van der Waals surface area contributed by atoms with Gasteiger partial charge in [0.15, 0.2) is 9.84 Å². The quantitative estimate of drug-likeness (QED) is 0.867. The highest BCUT2D eigenvalue weighted by Gasteiger charge is 2.36. The van der Waals surface area contributed by atoms with Crippen molar-refractivity contribution in [2.75, 3.05) is 0 Å². The predicted molar refractivity (Wildman–Crippen MR) is 102 cm³/mol. The number of sulfone groups is 1. The van der Waals surface area contributed by atoms with Crippen molar-refractivity contribution < 1.29 is 13.5 Å². The van der Waals surface area contributed by atoms with Crippen LogP contribution in [-0.2, 0) is 9.84 Å². The molecule has 0 aromatic heterocycles. The van der Waals surface area contributed by atoms with Gasteiger partial charge in [-0.15, -0.1) is 0 Å². The summed E-state index contributed by atoms with van der Waals surface area (Å²) in [6.07, 6.45) is 2.48. The van der Waals surface area contributed by atoms with Gasteiger partial charge in [0.05, 0.1) is 16.2 Å². The Kier molecular flexibility index (Phi) is 5.67. The highest BCUT2D eigenvalue weighted by molar-refractivity contribution is 8.03. The second kappa shape index (κ2) is 7.77. The third kappa shape index (κ3) is 4.17. The van der Waals surface area contributed by atoms with E-state index < -0.39 is 21.2 Å². The lowest BCUT2D eigenvalue weighted by molar-refractivity contribution is 0.113. The molecule has 3 unspecified atom stereocenters. The van der Waals surface area contributed by atoms with Gasteiger partial charge in [-0.2, -0.15) is 0 Å². The molecular formula is C20H22O3S2. The fourth-order valence-corrected chi connectivity index (χ4v) is 6.11. The Morgan fingerprint density at radius 1 is 1.00 bits per heavy atom. The third-order valence-corrected chi connectivity index (χ3v) is 7.91. The van der Waals surface area contributed by atoms with Crippen molar-refractivity contribution in [3.63, 3.8) is 0 Å². The van der Waals surface area contributed by atoms with Gasteiger partial charge in [-0.1, -0.05) is 61.2 Å². The summed E-state index contributed by atoms with van der Waals surface area (Å²) in [6.45, 7) is 1.82. The van der Waals surface area contributed by atoms with E-state index in [1.165, 1.54) is 0 Å². The molecule has 0 heterocycles. The molecule has 0 radical (unpaired) electrons. The number of aliphatic hydroxyl groups excluding tert-OH is 1. The SMILES string of the molecule is CC1C(O)CCC(Sc2ccccc2)=CC1S(=O)(=O)c1ccccc1. The average Bonchev–Trinajstić information content (AvgIpc) is 2.77. The van der Waals surface area contributed by atoms with Gasteiger partial charge in [-0.25, -0.2) is 8.42 Å². The monoisotopic (exact) mass is 374 g/mol. The molecule has 0 fully saturated rings. The average molecular weight is 375 g/mol. The van der Waals surface area contributed by atoms with Crippen LogP contribution in [0, 0.1) is 5.92 Å². The fraction of sp³-hybridized carbons (Fsp3) is 0.300. The molecule has 3 atom stereocenters. The first-order valence-electron chi connectivity index (χ1n) is 8.39. The Morgan fingerprint density at radius 2 is 1.60 bits per heavy atom. The topological polar surface area (TPSA) is 54.4 Å². The van der Waals surface area contributed by atoms with E-state index in [0.717, 1.165) is 9.80 Å². The van der Waals surface area contributed by atoms with Gasteiger partial charge >= 0.3 is 0 Å². The maximum absolute atomic E-state index is 13.1. The van der Waals surface area contributed by atoms with Crippen LogP contribution in [0.25, 0.3) is 0 Å². The van der Waals surface area contributed by atoms with Crippen LogP contribution in [0.2, 0.25) is 0 Å². The van der Waals surface area contributed by atoms with Crippen LogP contribution in [0.5, 0.6) is 0 Å². The summed E-state index contributed by atoms with van der Waals surface area (Å²) in [4.78, 5) is 2.38. The minimum absolute atomic E-state index is 0.307. The first kappa shape index (κ1) is 18.2. The molecule has 0 saturated carbocycles. The van der Waals surface area contributed by atoms with E-state index in [0.29, 0.717) is 17.7 Å². The normalized spacial score (nSPS) is 24.4. The zero-order valence-electron chi connectivity index (χ0n) is 14.1. The lowest BCUT2D eigenvalue weighted by atomic mass is 10.00. The van der Waals surface area contributed by atoms with Crippen LogP contribution >= 0.6 is 11.8 Å². The summed E-state index contributed by atoms with van der Waals surface area (Å²) >= 11 is 1.58. The van der Waals surface area contributed by atoms with Gasteiger partial charge in [-0.05, 0) is 42.0 Å². The molecule has 3 nitrogen and oxygen atoms in total. The van der Waals surface area contributed by atoms with E-state index in [1.807, 2.05) is 43.3 Å². The van der Waals surface area contributed by atoms with E-state index in [-0.39, 0.29) is 5.92 Å². The largest absolute Gasteiger partial charge is 0.393 e. The maximum atomic E-state index is 13.1. The van der Waals surface area contributed by atoms with Crippen molar-refractivity contribution in [1.29, 1.82) is 0 Å². The molecule has 1 N–H and O–H groups in total. The van der Waals surface area contributed by atoms with Crippen LogP contribution < -0.4 is 0 Å². The molecule has 25 heavy (non-hydrogen) atoms. The molecule has 5 heteroatoms. The Bertz CT molecular complexity index is 830. The van der Waals surface area contributed by atoms with Crippen LogP contribution in [0.1, 0.15) is 19.8 Å². The fourth-order valence-electron chi connectivity index (χ4n) is 3.05. The number of hydrogen-bond donors (Lipinski definition) is 1. The van der Waals surface area contributed by atoms with Gasteiger partial charge < -0.3 is 5.11 Å². The van der Waals surface area contributed by atoms with Crippen molar-refractivity contribution in [2.45, 2.75) is 40.9 Å². The molecule has 132 valence electrons. The standard InChI is InChI=1S/C20H22O3S2/c1-15-19(21)13-12-17(24-16-8-4-2-5-9-16)14-20(15)25(22,23)18-10-6-3-7-11-18/h2-11,14-15,19-21H,12-13H2,1H3. The minimum Gasteiger partial charge on any atom is -0.393 e. The highest BCUT2D eigenvalue weighted by atomic mass is 32.2. The lowest BCUT2D eigenvalue weighted by Crippen LogP contribution is -2.33. The van der Waals surface area contributed by atoms with Gasteiger partial charge in [0.2, 0.25) is 0 Å². The van der Waals surface area contributed by atoms with Gasteiger partial charge in [0.1, 0.15) is 0 Å². The summed E-state index contributed by atoms with van der Waals surface area (Å²) in [6, 6.07) is 18.4. The predicted octanol–water partition coefficient (Wildman–Crippen LogP) is 4.30. The molecule has 0 saturated heterocycles. The van der Waals surface area contributed by atoms with Gasteiger partial charge in [0.25, 0.3) is 0 Å². The van der Waals surface area contributed by atoms with Crippen molar-refractivity contribution in [3.05, 3.63) is 71.6 Å². The number of benzene rings is 2. The Hall–Kier alpha value is -1.56. The number of allylic oxidation sites excluding steroid dienone is 1. The smallest absolute Gasteiger partial charge is 0.185 e. The van der Waals surface area contributed by atoms with E-state index >= 15 is 0 Å². The first-order chi connectivity index (χ1) is 12.0. The number of hydrogen-bond acceptors (Lipinski definition) is 4. The van der Waals surface area contributed by atoms with Crippen LogP contribution in [0.4, 0.5) is 0 Å². The maximum Gasteiger partial charge on any atom is 0.185 e. The van der Waals surface area contributed by atoms with E-state index in [2.05, 4.69) is 0 Å². The van der Waals surface area contributed by atoms with Crippen LogP contribution in [0.15, 0.2) is 81.4 Å².